The number of carbonyl (C=O) groups is 1. The first-order valence-electron chi connectivity index (χ1n) is 6.88. The summed E-state index contributed by atoms with van der Waals surface area (Å²) in [5, 5.41) is 10.8. The van der Waals surface area contributed by atoms with Crippen molar-refractivity contribution in [3.05, 3.63) is 58.8 Å². The van der Waals surface area contributed by atoms with Gasteiger partial charge in [0.2, 0.25) is 0 Å². The van der Waals surface area contributed by atoms with Crippen LogP contribution < -0.4 is 5.32 Å². The molecular weight excluding hydrogens is 262 g/mol. The van der Waals surface area contributed by atoms with Gasteiger partial charge in [-0.05, 0) is 44.5 Å². The summed E-state index contributed by atoms with van der Waals surface area (Å²) in [5.74, 6) is -0.196. The van der Waals surface area contributed by atoms with E-state index in [-0.39, 0.29) is 5.91 Å². The lowest BCUT2D eigenvalue weighted by atomic mass is 10.1. The Labute approximate surface area is 123 Å². The van der Waals surface area contributed by atoms with Crippen molar-refractivity contribution in [3.63, 3.8) is 0 Å². The maximum atomic E-state index is 12.4. The standard InChI is InChI=1S/C17H17N3O/c1-10-4-6-14(12(3)8-10)18-17(21)16-13-9-11(2)5-7-15(13)19-20-16/h4-9H,1-3H3,(H,18,21)(H,19,20). The van der Waals surface area contributed by atoms with Crippen molar-refractivity contribution in [2.24, 2.45) is 0 Å². The molecule has 2 N–H and O–H groups in total. The highest BCUT2D eigenvalue weighted by Crippen LogP contribution is 2.21. The number of nitrogens with one attached hydrogen (secondary N) is 2. The first-order chi connectivity index (χ1) is 10.0. The van der Waals surface area contributed by atoms with E-state index in [1.807, 2.05) is 57.2 Å². The summed E-state index contributed by atoms with van der Waals surface area (Å²) in [6, 6.07) is 11.8. The van der Waals surface area contributed by atoms with Crippen LogP contribution in [0.15, 0.2) is 36.4 Å². The summed E-state index contributed by atoms with van der Waals surface area (Å²) < 4.78 is 0. The fourth-order valence-corrected chi connectivity index (χ4v) is 2.44. The summed E-state index contributed by atoms with van der Waals surface area (Å²) in [7, 11) is 0. The van der Waals surface area contributed by atoms with Gasteiger partial charge >= 0.3 is 0 Å². The summed E-state index contributed by atoms with van der Waals surface area (Å²) >= 11 is 0. The fraction of sp³-hybridized carbons (Fsp3) is 0.176. The average molecular weight is 279 g/mol. The second-order valence-electron chi connectivity index (χ2n) is 5.39. The Bertz CT molecular complexity index is 833. The monoisotopic (exact) mass is 279 g/mol. The van der Waals surface area contributed by atoms with Gasteiger partial charge in [0.05, 0.1) is 5.52 Å². The van der Waals surface area contributed by atoms with Crippen LogP contribution in [0.1, 0.15) is 27.2 Å². The number of aromatic amines is 1. The molecule has 0 unspecified atom stereocenters. The third-order valence-electron chi connectivity index (χ3n) is 3.56. The zero-order valence-corrected chi connectivity index (χ0v) is 12.3. The number of fused-ring (bicyclic) bond motifs is 1. The van der Waals surface area contributed by atoms with Gasteiger partial charge < -0.3 is 5.32 Å². The molecule has 1 amide bonds. The Hall–Kier alpha value is -2.62. The molecule has 21 heavy (non-hydrogen) atoms. The zero-order chi connectivity index (χ0) is 15.0. The van der Waals surface area contributed by atoms with E-state index in [0.29, 0.717) is 5.69 Å². The summed E-state index contributed by atoms with van der Waals surface area (Å²) in [6.07, 6.45) is 0. The zero-order valence-electron chi connectivity index (χ0n) is 12.3. The molecule has 1 heterocycles. The maximum absolute atomic E-state index is 12.4. The molecule has 3 aromatic rings. The molecule has 0 radical (unpaired) electrons. The number of hydrogen-bond acceptors (Lipinski definition) is 2. The molecule has 106 valence electrons. The number of H-pyrrole nitrogens is 1. The summed E-state index contributed by atoms with van der Waals surface area (Å²) in [4.78, 5) is 12.4. The number of hydrogen-bond donors (Lipinski definition) is 2. The van der Waals surface area contributed by atoms with Crippen LogP contribution in [0.4, 0.5) is 5.69 Å². The molecule has 1 aromatic heterocycles. The van der Waals surface area contributed by atoms with Gasteiger partial charge in [-0.1, -0.05) is 29.3 Å². The van der Waals surface area contributed by atoms with Gasteiger partial charge in [0.25, 0.3) is 5.91 Å². The SMILES string of the molecule is Cc1ccc(NC(=O)c2n[nH]c3ccc(C)cc23)c(C)c1. The number of rotatable bonds is 2. The topological polar surface area (TPSA) is 57.8 Å². The van der Waals surface area contributed by atoms with Crippen molar-refractivity contribution in [2.75, 3.05) is 5.32 Å². The first-order valence-corrected chi connectivity index (χ1v) is 6.88. The Morgan fingerprint density at radius 3 is 2.52 bits per heavy atom. The van der Waals surface area contributed by atoms with E-state index < -0.39 is 0 Å². The van der Waals surface area contributed by atoms with E-state index in [4.69, 9.17) is 0 Å². The van der Waals surface area contributed by atoms with Crippen molar-refractivity contribution < 1.29 is 4.79 Å². The number of benzene rings is 2. The molecule has 0 fully saturated rings. The quantitative estimate of drug-likeness (QED) is 0.750. The maximum Gasteiger partial charge on any atom is 0.276 e. The smallest absolute Gasteiger partial charge is 0.276 e. The number of aromatic nitrogens is 2. The minimum atomic E-state index is -0.196. The molecule has 0 aliphatic rings. The molecule has 2 aromatic carbocycles. The Kier molecular flexibility index (Phi) is 3.22. The fourth-order valence-electron chi connectivity index (χ4n) is 2.44. The van der Waals surface area contributed by atoms with Crippen molar-refractivity contribution in [2.45, 2.75) is 20.8 Å². The van der Waals surface area contributed by atoms with Gasteiger partial charge in [-0.2, -0.15) is 5.10 Å². The van der Waals surface area contributed by atoms with Gasteiger partial charge in [-0.25, -0.2) is 0 Å². The molecule has 0 saturated heterocycles. The number of nitrogens with zero attached hydrogens (tertiary/aromatic N) is 1. The number of anilines is 1. The molecule has 0 atom stereocenters. The van der Waals surface area contributed by atoms with E-state index in [1.54, 1.807) is 0 Å². The van der Waals surface area contributed by atoms with Gasteiger partial charge in [0.1, 0.15) is 0 Å². The van der Waals surface area contributed by atoms with Crippen LogP contribution in [0.2, 0.25) is 0 Å². The molecular formula is C17H17N3O. The second kappa shape index (κ2) is 5.05. The third kappa shape index (κ3) is 2.52. The van der Waals surface area contributed by atoms with Gasteiger partial charge in [-0.3, -0.25) is 9.89 Å². The molecule has 0 aliphatic heterocycles. The van der Waals surface area contributed by atoms with Gasteiger partial charge in [-0.15, -0.1) is 0 Å². The summed E-state index contributed by atoms with van der Waals surface area (Å²) in [5.41, 5.74) is 5.42. The van der Waals surface area contributed by atoms with Crippen molar-refractivity contribution >= 4 is 22.5 Å². The minimum absolute atomic E-state index is 0.196. The lowest BCUT2D eigenvalue weighted by molar-refractivity contribution is 0.102. The van der Waals surface area contributed by atoms with Crippen LogP contribution in [0.3, 0.4) is 0 Å². The van der Waals surface area contributed by atoms with Crippen LogP contribution in [0.5, 0.6) is 0 Å². The molecule has 0 bridgehead atoms. The number of carbonyl (C=O) groups excluding carboxylic acids is 1. The molecule has 0 saturated carbocycles. The lowest BCUT2D eigenvalue weighted by Crippen LogP contribution is -2.13. The Balaban J connectivity index is 1.95. The molecule has 3 rings (SSSR count). The summed E-state index contributed by atoms with van der Waals surface area (Å²) in [6.45, 7) is 6.01. The highest BCUT2D eigenvalue weighted by Gasteiger charge is 2.15. The number of aryl methyl sites for hydroxylation is 3. The highest BCUT2D eigenvalue weighted by molar-refractivity contribution is 6.11. The van der Waals surface area contributed by atoms with E-state index >= 15 is 0 Å². The first kappa shape index (κ1) is 13.4. The average Bonchev–Trinajstić information content (AvgIpc) is 2.85. The molecule has 0 spiro atoms. The predicted molar refractivity (Wildman–Crippen MR) is 84.7 cm³/mol. The highest BCUT2D eigenvalue weighted by atomic mass is 16.1. The van der Waals surface area contributed by atoms with E-state index in [0.717, 1.165) is 27.7 Å². The normalized spacial score (nSPS) is 10.8. The second-order valence-corrected chi connectivity index (χ2v) is 5.39. The largest absolute Gasteiger partial charge is 0.320 e. The van der Waals surface area contributed by atoms with Crippen LogP contribution in [0, 0.1) is 20.8 Å². The lowest BCUT2D eigenvalue weighted by Gasteiger charge is -2.08. The molecule has 0 aliphatic carbocycles. The van der Waals surface area contributed by atoms with Gasteiger partial charge in [0.15, 0.2) is 5.69 Å². The van der Waals surface area contributed by atoms with Crippen LogP contribution in [-0.2, 0) is 0 Å². The number of amides is 1. The minimum Gasteiger partial charge on any atom is -0.320 e. The van der Waals surface area contributed by atoms with Crippen LogP contribution in [0.25, 0.3) is 10.9 Å². The van der Waals surface area contributed by atoms with Crippen molar-refractivity contribution in [1.29, 1.82) is 0 Å². The van der Waals surface area contributed by atoms with Crippen molar-refractivity contribution in [1.82, 2.24) is 10.2 Å². The Morgan fingerprint density at radius 2 is 1.76 bits per heavy atom. The van der Waals surface area contributed by atoms with Crippen molar-refractivity contribution in [3.8, 4) is 0 Å². The molecule has 4 heteroatoms. The Morgan fingerprint density at radius 1 is 1.05 bits per heavy atom. The van der Waals surface area contributed by atoms with E-state index in [2.05, 4.69) is 15.5 Å². The van der Waals surface area contributed by atoms with Crippen LogP contribution >= 0.6 is 0 Å². The predicted octanol–water partition coefficient (Wildman–Crippen LogP) is 3.74. The van der Waals surface area contributed by atoms with E-state index in [1.165, 1.54) is 5.56 Å². The molecule has 4 nitrogen and oxygen atoms in total. The van der Waals surface area contributed by atoms with Crippen LogP contribution in [-0.4, -0.2) is 16.1 Å². The van der Waals surface area contributed by atoms with Gasteiger partial charge in [0, 0.05) is 11.1 Å². The third-order valence-corrected chi connectivity index (χ3v) is 3.56. The van der Waals surface area contributed by atoms with E-state index in [9.17, 15) is 4.79 Å².